The number of hydrogen-bond donors (Lipinski definition) is 1. The van der Waals surface area contributed by atoms with Gasteiger partial charge < -0.3 is 5.32 Å². The third-order valence-corrected chi connectivity index (χ3v) is 5.26. The Morgan fingerprint density at radius 2 is 2.19 bits per heavy atom. The standard InChI is InChI=1S/C18H29BrN2/c1-4-8-20-11-15-5-6-17(18(19)10-15)13-21-9-7-16(12-21)14(2)3/h5-6,10,14,16,20H,4,7-9,11-13H2,1-3H3. The van der Waals surface area contributed by atoms with Gasteiger partial charge in [-0.2, -0.15) is 0 Å². The first-order chi connectivity index (χ1) is 10.1. The molecule has 1 heterocycles. The summed E-state index contributed by atoms with van der Waals surface area (Å²) in [5.41, 5.74) is 2.78. The monoisotopic (exact) mass is 352 g/mol. The van der Waals surface area contributed by atoms with Gasteiger partial charge in [0.25, 0.3) is 0 Å². The van der Waals surface area contributed by atoms with E-state index in [0.717, 1.165) is 31.5 Å². The van der Waals surface area contributed by atoms with E-state index in [-0.39, 0.29) is 0 Å². The molecule has 1 atom stereocenters. The molecule has 0 spiro atoms. The average molecular weight is 353 g/mol. The molecule has 1 aliphatic heterocycles. The lowest BCUT2D eigenvalue weighted by molar-refractivity contribution is 0.296. The highest BCUT2D eigenvalue weighted by Gasteiger charge is 2.24. The lowest BCUT2D eigenvalue weighted by Gasteiger charge is -2.19. The fourth-order valence-electron chi connectivity index (χ4n) is 3.03. The van der Waals surface area contributed by atoms with E-state index in [1.54, 1.807) is 0 Å². The van der Waals surface area contributed by atoms with Crippen LogP contribution in [0.5, 0.6) is 0 Å². The highest BCUT2D eigenvalue weighted by Crippen LogP contribution is 2.27. The zero-order valence-corrected chi connectivity index (χ0v) is 15.2. The van der Waals surface area contributed by atoms with Gasteiger partial charge in [-0.25, -0.2) is 0 Å². The summed E-state index contributed by atoms with van der Waals surface area (Å²) >= 11 is 3.75. The molecule has 2 rings (SSSR count). The highest BCUT2D eigenvalue weighted by molar-refractivity contribution is 9.10. The summed E-state index contributed by atoms with van der Waals surface area (Å²) in [4.78, 5) is 2.60. The van der Waals surface area contributed by atoms with Crippen molar-refractivity contribution in [1.82, 2.24) is 10.2 Å². The Bertz CT molecular complexity index is 445. The first-order valence-corrected chi connectivity index (χ1v) is 9.09. The van der Waals surface area contributed by atoms with Gasteiger partial charge in [-0.05, 0) is 55.0 Å². The predicted molar refractivity (Wildman–Crippen MR) is 94.4 cm³/mol. The second-order valence-corrected chi connectivity index (χ2v) is 7.48. The van der Waals surface area contributed by atoms with Crippen LogP contribution in [0.3, 0.4) is 0 Å². The zero-order chi connectivity index (χ0) is 15.2. The summed E-state index contributed by atoms with van der Waals surface area (Å²) < 4.78 is 1.26. The van der Waals surface area contributed by atoms with Gasteiger partial charge in [0.1, 0.15) is 0 Å². The van der Waals surface area contributed by atoms with Crippen LogP contribution in [0.4, 0.5) is 0 Å². The lowest BCUT2D eigenvalue weighted by atomic mass is 9.95. The zero-order valence-electron chi connectivity index (χ0n) is 13.7. The lowest BCUT2D eigenvalue weighted by Crippen LogP contribution is -2.21. The Labute approximate surface area is 138 Å². The van der Waals surface area contributed by atoms with Crippen molar-refractivity contribution in [3.8, 4) is 0 Å². The molecule has 3 heteroatoms. The molecule has 0 amide bonds. The van der Waals surface area contributed by atoms with Crippen LogP contribution in [0.1, 0.15) is 44.7 Å². The summed E-state index contributed by atoms with van der Waals surface area (Å²) in [7, 11) is 0. The summed E-state index contributed by atoms with van der Waals surface area (Å²) in [6.07, 6.45) is 2.54. The smallest absolute Gasteiger partial charge is 0.0245 e. The van der Waals surface area contributed by atoms with Crippen LogP contribution in [0.25, 0.3) is 0 Å². The third-order valence-electron chi connectivity index (χ3n) is 4.52. The van der Waals surface area contributed by atoms with Crippen LogP contribution in [0.15, 0.2) is 22.7 Å². The Balaban J connectivity index is 1.89. The van der Waals surface area contributed by atoms with E-state index in [4.69, 9.17) is 0 Å². The molecule has 2 nitrogen and oxygen atoms in total. The van der Waals surface area contributed by atoms with E-state index in [0.29, 0.717) is 0 Å². The van der Waals surface area contributed by atoms with Crippen molar-refractivity contribution in [1.29, 1.82) is 0 Å². The van der Waals surface area contributed by atoms with E-state index in [2.05, 4.69) is 65.1 Å². The molecule has 1 N–H and O–H groups in total. The molecular formula is C18H29BrN2. The fraction of sp³-hybridized carbons (Fsp3) is 0.667. The Kier molecular flexibility index (Phi) is 6.72. The molecule has 1 aromatic carbocycles. The maximum atomic E-state index is 3.75. The van der Waals surface area contributed by atoms with Gasteiger partial charge in [0, 0.05) is 24.1 Å². The minimum absolute atomic E-state index is 0.811. The van der Waals surface area contributed by atoms with Crippen molar-refractivity contribution in [2.45, 2.75) is 46.7 Å². The number of rotatable bonds is 7. The largest absolute Gasteiger partial charge is 0.313 e. The van der Waals surface area contributed by atoms with Crippen molar-refractivity contribution >= 4 is 15.9 Å². The Hall–Kier alpha value is -0.380. The third kappa shape index (κ3) is 5.08. The minimum Gasteiger partial charge on any atom is -0.313 e. The molecule has 1 unspecified atom stereocenters. The van der Waals surface area contributed by atoms with Gasteiger partial charge in [-0.15, -0.1) is 0 Å². The summed E-state index contributed by atoms with van der Waals surface area (Å²) in [6, 6.07) is 6.82. The first kappa shape index (κ1) is 17.0. The topological polar surface area (TPSA) is 15.3 Å². The van der Waals surface area contributed by atoms with E-state index in [9.17, 15) is 0 Å². The summed E-state index contributed by atoms with van der Waals surface area (Å²) in [5, 5.41) is 3.46. The molecule has 118 valence electrons. The molecular weight excluding hydrogens is 324 g/mol. The van der Waals surface area contributed by atoms with E-state index >= 15 is 0 Å². The average Bonchev–Trinajstić information content (AvgIpc) is 2.91. The molecule has 1 aliphatic rings. The molecule has 0 aliphatic carbocycles. The molecule has 1 saturated heterocycles. The highest BCUT2D eigenvalue weighted by atomic mass is 79.9. The first-order valence-electron chi connectivity index (χ1n) is 8.30. The second-order valence-electron chi connectivity index (χ2n) is 6.63. The predicted octanol–water partition coefficient (Wildman–Crippen LogP) is 4.43. The van der Waals surface area contributed by atoms with Crippen LogP contribution >= 0.6 is 15.9 Å². The number of halogens is 1. The van der Waals surface area contributed by atoms with Crippen LogP contribution in [0, 0.1) is 11.8 Å². The quantitative estimate of drug-likeness (QED) is 0.730. The van der Waals surface area contributed by atoms with Gasteiger partial charge in [-0.1, -0.05) is 48.8 Å². The molecule has 0 bridgehead atoms. The van der Waals surface area contributed by atoms with Gasteiger partial charge >= 0.3 is 0 Å². The van der Waals surface area contributed by atoms with Crippen molar-refractivity contribution < 1.29 is 0 Å². The van der Waals surface area contributed by atoms with E-state index < -0.39 is 0 Å². The van der Waals surface area contributed by atoms with Gasteiger partial charge in [-0.3, -0.25) is 4.90 Å². The maximum absolute atomic E-state index is 3.75. The van der Waals surface area contributed by atoms with Crippen molar-refractivity contribution in [2.75, 3.05) is 19.6 Å². The SMILES string of the molecule is CCCNCc1ccc(CN2CCC(C(C)C)C2)c(Br)c1. The molecule has 1 aromatic rings. The van der Waals surface area contributed by atoms with E-state index in [1.807, 2.05) is 0 Å². The molecule has 21 heavy (non-hydrogen) atoms. The molecule has 1 fully saturated rings. The minimum atomic E-state index is 0.811. The normalized spacial score (nSPS) is 19.6. The van der Waals surface area contributed by atoms with Crippen molar-refractivity contribution in [3.63, 3.8) is 0 Å². The number of benzene rings is 1. The number of likely N-dealkylation sites (tertiary alicyclic amines) is 1. The maximum Gasteiger partial charge on any atom is 0.0245 e. The number of nitrogens with one attached hydrogen (secondary N) is 1. The van der Waals surface area contributed by atoms with Gasteiger partial charge in [0.05, 0.1) is 0 Å². The molecule has 0 aromatic heterocycles. The summed E-state index contributed by atoms with van der Waals surface area (Å²) in [6.45, 7) is 12.5. The summed E-state index contributed by atoms with van der Waals surface area (Å²) in [5.74, 6) is 1.69. The Morgan fingerprint density at radius 3 is 2.81 bits per heavy atom. The van der Waals surface area contributed by atoms with Crippen molar-refractivity contribution in [2.24, 2.45) is 11.8 Å². The second kappa shape index (κ2) is 8.30. The molecule has 0 radical (unpaired) electrons. The molecule has 0 saturated carbocycles. The van der Waals surface area contributed by atoms with Crippen LogP contribution in [-0.4, -0.2) is 24.5 Å². The van der Waals surface area contributed by atoms with Gasteiger partial charge in [0.15, 0.2) is 0 Å². The van der Waals surface area contributed by atoms with Crippen LogP contribution in [-0.2, 0) is 13.1 Å². The fourth-order valence-corrected chi connectivity index (χ4v) is 3.58. The van der Waals surface area contributed by atoms with Crippen LogP contribution in [0.2, 0.25) is 0 Å². The number of hydrogen-bond acceptors (Lipinski definition) is 2. The van der Waals surface area contributed by atoms with Crippen LogP contribution < -0.4 is 5.32 Å². The number of nitrogens with zero attached hydrogens (tertiary/aromatic N) is 1. The Morgan fingerprint density at radius 1 is 1.38 bits per heavy atom. The van der Waals surface area contributed by atoms with E-state index in [1.165, 1.54) is 41.5 Å². The van der Waals surface area contributed by atoms with Crippen molar-refractivity contribution in [3.05, 3.63) is 33.8 Å². The van der Waals surface area contributed by atoms with Gasteiger partial charge in [0.2, 0.25) is 0 Å².